The molecule has 0 bridgehead atoms. The van der Waals surface area contributed by atoms with Crippen LogP contribution in [0.1, 0.15) is 52.0 Å². The lowest BCUT2D eigenvalue weighted by molar-refractivity contribution is -0.110. The zero-order valence-electron chi connectivity index (χ0n) is 25.2. The molecule has 8 nitrogen and oxygen atoms in total. The zero-order chi connectivity index (χ0) is 30.5. The minimum Gasteiger partial charge on any atom is -0.354 e. The van der Waals surface area contributed by atoms with E-state index in [1.54, 1.807) is 30.6 Å². The van der Waals surface area contributed by atoms with E-state index >= 15 is 0 Å². The van der Waals surface area contributed by atoms with Crippen LogP contribution in [0.3, 0.4) is 0 Å². The Morgan fingerprint density at radius 2 is 1.70 bits per heavy atom. The zero-order valence-corrected chi connectivity index (χ0v) is 25.2. The number of carbonyl (C=O) groups is 2. The number of likely N-dealkylation sites (N-methyl/N-ethyl adjacent to an activating group) is 1. The fourth-order valence-corrected chi connectivity index (χ4v) is 5.80. The normalized spacial score (nSPS) is 17.0. The van der Waals surface area contributed by atoms with Gasteiger partial charge in [-0.3, -0.25) is 19.5 Å². The largest absolute Gasteiger partial charge is 0.354 e. The van der Waals surface area contributed by atoms with Gasteiger partial charge in [0.2, 0.25) is 0 Å². The van der Waals surface area contributed by atoms with Crippen molar-refractivity contribution in [3.8, 4) is 0 Å². The molecule has 3 N–H and O–H groups in total. The third-order valence-electron chi connectivity index (χ3n) is 8.37. The highest BCUT2D eigenvalue weighted by Crippen LogP contribution is 2.38. The van der Waals surface area contributed by atoms with Crippen molar-refractivity contribution in [2.24, 2.45) is 0 Å². The summed E-state index contributed by atoms with van der Waals surface area (Å²) in [7, 11) is 2.17. The predicted octanol–water partition coefficient (Wildman–Crippen LogP) is 5.64. The number of nitrogens with zero attached hydrogens (tertiary/aromatic N) is 3. The Bertz CT molecular complexity index is 1650. The Morgan fingerprint density at radius 3 is 2.41 bits per heavy atom. The van der Waals surface area contributed by atoms with E-state index in [4.69, 9.17) is 0 Å². The van der Waals surface area contributed by atoms with E-state index in [9.17, 15) is 9.59 Å². The lowest BCUT2D eigenvalue weighted by atomic mass is 9.98. The van der Waals surface area contributed by atoms with Crippen molar-refractivity contribution in [2.45, 2.75) is 25.9 Å². The van der Waals surface area contributed by atoms with E-state index in [-0.39, 0.29) is 17.9 Å². The number of aromatic nitrogens is 1. The van der Waals surface area contributed by atoms with E-state index < -0.39 is 0 Å². The highest BCUT2D eigenvalue weighted by Gasteiger charge is 2.30. The predicted molar refractivity (Wildman–Crippen MR) is 176 cm³/mol. The van der Waals surface area contributed by atoms with Crippen molar-refractivity contribution < 1.29 is 9.59 Å². The molecule has 0 unspecified atom stereocenters. The Kier molecular flexibility index (Phi) is 8.81. The SMILES string of the molecule is CC[C@@H](NC(=O)c1ccc2c(c1)/C(=C(/Nc1ccc(CN3CCN(C)CC3)cc1)c1cccnc1)C(=O)N2)c1ccccc1. The molecule has 4 aromatic rings. The lowest BCUT2D eigenvalue weighted by Gasteiger charge is -2.32. The van der Waals surface area contributed by atoms with Crippen LogP contribution in [0.4, 0.5) is 11.4 Å². The first-order valence-electron chi connectivity index (χ1n) is 15.2. The Morgan fingerprint density at radius 1 is 0.932 bits per heavy atom. The third-order valence-corrected chi connectivity index (χ3v) is 8.37. The van der Waals surface area contributed by atoms with Gasteiger partial charge in [-0.05, 0) is 67.1 Å². The van der Waals surface area contributed by atoms with Crippen LogP contribution in [-0.4, -0.2) is 59.8 Å². The summed E-state index contributed by atoms with van der Waals surface area (Å²) in [5.41, 5.74) is 6.88. The van der Waals surface area contributed by atoms with Gasteiger partial charge in [0.15, 0.2) is 0 Å². The standard InChI is InChI=1S/C36H38N6O2/c1-3-31(26-8-5-4-6-9-26)39-35(43)27-13-16-32-30(22-27)33(36(44)40-32)34(28-10-7-17-37-23-28)38-29-14-11-25(12-15-29)24-42-20-18-41(2)19-21-42/h4-17,22-23,31,38H,3,18-21,24H2,1-2H3,(H,39,43)(H,40,44)/b34-33-/t31-/m1/s1. The van der Waals surface area contributed by atoms with Crippen LogP contribution in [-0.2, 0) is 11.3 Å². The summed E-state index contributed by atoms with van der Waals surface area (Å²) in [5.74, 6) is -0.416. The number of nitrogens with one attached hydrogen (secondary N) is 3. The van der Waals surface area contributed by atoms with Crippen LogP contribution in [0, 0.1) is 0 Å². The molecular weight excluding hydrogens is 548 g/mol. The summed E-state index contributed by atoms with van der Waals surface area (Å²) < 4.78 is 0. The summed E-state index contributed by atoms with van der Waals surface area (Å²) >= 11 is 0. The number of carbonyl (C=O) groups excluding carboxylic acids is 2. The monoisotopic (exact) mass is 586 g/mol. The van der Waals surface area contributed by atoms with Crippen molar-refractivity contribution in [1.82, 2.24) is 20.1 Å². The molecule has 2 aliphatic rings. The number of benzene rings is 3. The van der Waals surface area contributed by atoms with Crippen LogP contribution < -0.4 is 16.0 Å². The third kappa shape index (κ3) is 6.56. The van der Waals surface area contributed by atoms with Gasteiger partial charge in [0.05, 0.1) is 17.3 Å². The Balaban J connectivity index is 1.29. The summed E-state index contributed by atoms with van der Waals surface area (Å²) in [5, 5.41) is 9.66. The Hall–Kier alpha value is -4.79. The number of rotatable bonds is 9. The van der Waals surface area contributed by atoms with E-state index in [1.807, 2.05) is 42.5 Å². The molecule has 2 aliphatic heterocycles. The lowest BCUT2D eigenvalue weighted by Crippen LogP contribution is -2.43. The van der Waals surface area contributed by atoms with Gasteiger partial charge in [-0.1, -0.05) is 49.4 Å². The van der Waals surface area contributed by atoms with Crippen molar-refractivity contribution in [3.63, 3.8) is 0 Å². The smallest absolute Gasteiger partial charge is 0.258 e. The second-order valence-corrected chi connectivity index (χ2v) is 11.5. The quantitative estimate of drug-likeness (QED) is 0.220. The number of hydrogen-bond donors (Lipinski definition) is 3. The first kappa shape index (κ1) is 29.3. The van der Waals surface area contributed by atoms with Gasteiger partial charge >= 0.3 is 0 Å². The molecule has 6 rings (SSSR count). The first-order valence-corrected chi connectivity index (χ1v) is 15.2. The van der Waals surface area contributed by atoms with Crippen LogP contribution in [0.2, 0.25) is 0 Å². The number of fused-ring (bicyclic) bond motifs is 1. The van der Waals surface area contributed by atoms with Gasteiger partial charge in [0.1, 0.15) is 0 Å². The van der Waals surface area contributed by atoms with Gasteiger partial charge in [-0.25, -0.2) is 0 Å². The first-order chi connectivity index (χ1) is 21.5. The van der Waals surface area contributed by atoms with Crippen LogP contribution in [0.25, 0.3) is 11.3 Å². The maximum absolute atomic E-state index is 13.5. The van der Waals surface area contributed by atoms with Gasteiger partial charge in [0.25, 0.3) is 11.8 Å². The molecule has 3 heterocycles. The van der Waals surface area contributed by atoms with Crippen molar-refractivity contribution in [2.75, 3.05) is 43.9 Å². The maximum Gasteiger partial charge on any atom is 0.258 e. The van der Waals surface area contributed by atoms with Crippen molar-refractivity contribution in [1.29, 1.82) is 0 Å². The second kappa shape index (κ2) is 13.2. The van der Waals surface area contributed by atoms with Crippen LogP contribution >= 0.6 is 0 Å². The molecule has 0 spiro atoms. The maximum atomic E-state index is 13.5. The summed E-state index contributed by atoms with van der Waals surface area (Å²) in [4.78, 5) is 36.1. The molecule has 1 saturated heterocycles. The summed E-state index contributed by atoms with van der Waals surface area (Å²) in [6.45, 7) is 7.26. The average molecular weight is 587 g/mol. The van der Waals surface area contributed by atoms with Gasteiger partial charge in [0, 0.05) is 73.2 Å². The molecule has 3 aromatic carbocycles. The molecule has 0 saturated carbocycles. The molecule has 1 fully saturated rings. The molecule has 1 aromatic heterocycles. The number of piperazine rings is 1. The van der Waals surface area contributed by atoms with Crippen molar-refractivity contribution in [3.05, 3.63) is 125 Å². The van der Waals surface area contributed by atoms with Gasteiger partial charge < -0.3 is 20.9 Å². The molecule has 2 amide bonds. The van der Waals surface area contributed by atoms with E-state index in [1.165, 1.54) is 5.56 Å². The summed E-state index contributed by atoms with van der Waals surface area (Å²) in [6.07, 6.45) is 4.21. The molecule has 1 atom stereocenters. The average Bonchev–Trinajstić information content (AvgIpc) is 3.39. The molecular formula is C36H38N6O2. The minimum atomic E-state index is -0.230. The molecule has 0 radical (unpaired) electrons. The molecule has 8 heteroatoms. The number of pyridine rings is 1. The van der Waals surface area contributed by atoms with Crippen molar-refractivity contribution >= 4 is 34.5 Å². The highest BCUT2D eigenvalue weighted by molar-refractivity contribution is 6.37. The molecule has 224 valence electrons. The number of hydrogen-bond acceptors (Lipinski definition) is 6. The number of amides is 2. The van der Waals surface area contributed by atoms with E-state index in [2.05, 4.69) is 69.0 Å². The second-order valence-electron chi connectivity index (χ2n) is 11.5. The van der Waals surface area contributed by atoms with E-state index in [0.29, 0.717) is 28.1 Å². The number of anilines is 2. The van der Waals surface area contributed by atoms with E-state index in [0.717, 1.165) is 56.0 Å². The van der Waals surface area contributed by atoms with Gasteiger partial charge in [-0.2, -0.15) is 0 Å². The van der Waals surface area contributed by atoms with Crippen LogP contribution in [0.15, 0.2) is 97.3 Å². The van der Waals surface area contributed by atoms with Crippen LogP contribution in [0.5, 0.6) is 0 Å². The fraction of sp³-hybridized carbons (Fsp3) is 0.250. The van der Waals surface area contributed by atoms with Gasteiger partial charge in [-0.15, -0.1) is 0 Å². The summed E-state index contributed by atoms with van der Waals surface area (Å²) in [6, 6.07) is 27.3. The Labute approximate surface area is 258 Å². The topological polar surface area (TPSA) is 89.6 Å². The molecule has 44 heavy (non-hydrogen) atoms. The molecule has 0 aliphatic carbocycles. The minimum absolute atomic E-state index is 0.112. The fourth-order valence-electron chi connectivity index (χ4n) is 5.80. The highest BCUT2D eigenvalue weighted by atomic mass is 16.2.